The zero-order chi connectivity index (χ0) is 11.5. The van der Waals surface area contributed by atoms with Crippen molar-refractivity contribution in [1.82, 2.24) is 4.90 Å². The van der Waals surface area contributed by atoms with E-state index in [-0.39, 0.29) is 0 Å². The Morgan fingerprint density at radius 3 is 1.59 bits per heavy atom. The van der Waals surface area contributed by atoms with Crippen LogP contribution in [0.5, 0.6) is 0 Å². The lowest BCUT2D eigenvalue weighted by molar-refractivity contribution is 0.314. The van der Waals surface area contributed by atoms with Crippen molar-refractivity contribution >= 4 is 0 Å². The second-order valence-electron chi connectivity index (χ2n) is 4.31. The summed E-state index contributed by atoms with van der Waals surface area (Å²) >= 11 is 0. The molecule has 0 unspecified atom stereocenters. The molecule has 17 heavy (non-hydrogen) atoms. The minimum absolute atomic E-state index is 0.349. The molecule has 0 amide bonds. The molecular formula is C16H15N. The number of hydrogen-bond donors (Lipinski definition) is 0. The van der Waals surface area contributed by atoms with Crippen molar-refractivity contribution in [3.63, 3.8) is 0 Å². The van der Waals surface area contributed by atoms with Crippen molar-refractivity contribution in [3.8, 4) is 0 Å². The Morgan fingerprint density at radius 2 is 1.24 bits per heavy atom. The summed E-state index contributed by atoms with van der Waals surface area (Å²) in [6, 6.07) is 21.7. The average Bonchev–Trinajstić information content (AvgIpc) is 2.36. The Balaban J connectivity index is 2.01. The third-order valence-electron chi connectivity index (χ3n) is 3.18. The topological polar surface area (TPSA) is 3.24 Å². The van der Waals surface area contributed by atoms with Crippen LogP contribution in [0.25, 0.3) is 0 Å². The van der Waals surface area contributed by atoms with Gasteiger partial charge in [0.1, 0.15) is 0 Å². The van der Waals surface area contributed by atoms with Crippen LogP contribution in [0, 0.1) is 0 Å². The first-order valence-electron chi connectivity index (χ1n) is 5.97. The van der Waals surface area contributed by atoms with E-state index in [1.807, 2.05) is 0 Å². The lowest BCUT2D eigenvalue weighted by Crippen LogP contribution is -2.30. The first-order chi connectivity index (χ1) is 8.45. The molecule has 0 saturated carbocycles. The van der Waals surface area contributed by atoms with Crippen molar-refractivity contribution in [3.05, 3.63) is 84.1 Å². The molecule has 0 aliphatic carbocycles. The highest BCUT2D eigenvalue weighted by Gasteiger charge is 2.21. The molecule has 0 N–H and O–H groups in total. The number of nitrogens with zero attached hydrogens (tertiary/aromatic N) is 1. The largest absolute Gasteiger partial charge is 0.363 e. The molecule has 0 fully saturated rings. The van der Waals surface area contributed by atoms with Crippen LogP contribution in [0.4, 0.5) is 0 Å². The molecule has 1 heterocycles. The van der Waals surface area contributed by atoms with Gasteiger partial charge in [-0.3, -0.25) is 0 Å². The molecule has 0 spiro atoms. The van der Waals surface area contributed by atoms with Crippen LogP contribution in [0.2, 0.25) is 0 Å². The highest BCUT2D eigenvalue weighted by Crippen LogP contribution is 2.30. The molecule has 2 aromatic rings. The van der Waals surface area contributed by atoms with Gasteiger partial charge in [0.05, 0.1) is 6.04 Å². The van der Waals surface area contributed by atoms with Gasteiger partial charge in [-0.05, 0) is 23.4 Å². The van der Waals surface area contributed by atoms with Crippen LogP contribution >= 0.6 is 0 Å². The molecule has 1 aliphatic heterocycles. The lowest BCUT2D eigenvalue weighted by atomic mass is 9.96. The predicted molar refractivity (Wildman–Crippen MR) is 70.6 cm³/mol. The highest BCUT2D eigenvalue weighted by atomic mass is 15.2. The van der Waals surface area contributed by atoms with Crippen LogP contribution in [-0.2, 0) is 0 Å². The van der Waals surface area contributed by atoms with Crippen molar-refractivity contribution in [2.45, 2.75) is 6.04 Å². The van der Waals surface area contributed by atoms with Gasteiger partial charge in [0, 0.05) is 6.54 Å². The number of benzene rings is 2. The van der Waals surface area contributed by atoms with Crippen LogP contribution in [0.1, 0.15) is 17.2 Å². The molecular weight excluding hydrogens is 206 g/mol. The third kappa shape index (κ3) is 1.96. The molecule has 2 aromatic carbocycles. The number of rotatable bonds is 3. The summed E-state index contributed by atoms with van der Waals surface area (Å²) in [5.74, 6) is 0. The first-order valence-corrected chi connectivity index (χ1v) is 5.97. The minimum atomic E-state index is 0.349. The van der Waals surface area contributed by atoms with E-state index in [4.69, 9.17) is 0 Å². The maximum Gasteiger partial charge on any atom is 0.0793 e. The van der Waals surface area contributed by atoms with Gasteiger partial charge in [-0.1, -0.05) is 60.7 Å². The van der Waals surface area contributed by atoms with Crippen LogP contribution < -0.4 is 0 Å². The minimum Gasteiger partial charge on any atom is -0.363 e. The predicted octanol–water partition coefficient (Wildman–Crippen LogP) is 3.61. The molecule has 0 atom stereocenters. The van der Waals surface area contributed by atoms with Crippen molar-refractivity contribution in [1.29, 1.82) is 0 Å². The Labute approximate surface area is 102 Å². The Bertz CT molecular complexity index is 462. The SMILES string of the molecule is C1=CN(C(c2ccccc2)c2ccccc2)C1. The Kier molecular flexibility index (Phi) is 2.66. The van der Waals surface area contributed by atoms with Crippen LogP contribution in [-0.4, -0.2) is 11.4 Å². The fourth-order valence-corrected chi connectivity index (χ4v) is 2.26. The van der Waals surface area contributed by atoms with Gasteiger partial charge < -0.3 is 4.90 Å². The maximum absolute atomic E-state index is 2.37. The summed E-state index contributed by atoms with van der Waals surface area (Å²) < 4.78 is 0. The van der Waals surface area contributed by atoms with Crippen molar-refractivity contribution < 1.29 is 0 Å². The average molecular weight is 221 g/mol. The monoisotopic (exact) mass is 221 g/mol. The summed E-state index contributed by atoms with van der Waals surface area (Å²) in [6.45, 7) is 1.04. The quantitative estimate of drug-likeness (QED) is 0.765. The zero-order valence-electron chi connectivity index (χ0n) is 9.66. The van der Waals surface area contributed by atoms with E-state index in [0.717, 1.165) is 6.54 Å². The van der Waals surface area contributed by atoms with E-state index >= 15 is 0 Å². The van der Waals surface area contributed by atoms with E-state index in [1.165, 1.54) is 11.1 Å². The van der Waals surface area contributed by atoms with Gasteiger partial charge in [0.2, 0.25) is 0 Å². The van der Waals surface area contributed by atoms with E-state index in [1.54, 1.807) is 0 Å². The van der Waals surface area contributed by atoms with Crippen molar-refractivity contribution in [2.24, 2.45) is 0 Å². The fraction of sp³-hybridized carbons (Fsp3) is 0.125. The molecule has 0 saturated heterocycles. The van der Waals surface area contributed by atoms with E-state index < -0.39 is 0 Å². The van der Waals surface area contributed by atoms with Gasteiger partial charge in [0.15, 0.2) is 0 Å². The standard InChI is InChI=1S/C16H15N/c1-3-8-14(9-4-1)16(17-12-7-13-17)15-10-5-2-6-11-15/h1-12,16H,13H2. The summed E-state index contributed by atoms with van der Waals surface area (Å²) in [4.78, 5) is 2.37. The third-order valence-corrected chi connectivity index (χ3v) is 3.18. The first kappa shape index (κ1) is 10.2. The van der Waals surface area contributed by atoms with Gasteiger partial charge in [-0.2, -0.15) is 0 Å². The lowest BCUT2D eigenvalue weighted by Gasteiger charge is -2.35. The molecule has 3 rings (SSSR count). The molecule has 0 bridgehead atoms. The second kappa shape index (κ2) is 4.46. The van der Waals surface area contributed by atoms with Crippen molar-refractivity contribution in [2.75, 3.05) is 6.54 Å². The van der Waals surface area contributed by atoms with Gasteiger partial charge >= 0.3 is 0 Å². The smallest absolute Gasteiger partial charge is 0.0793 e. The van der Waals surface area contributed by atoms with Gasteiger partial charge in [-0.25, -0.2) is 0 Å². The molecule has 0 radical (unpaired) electrons. The molecule has 0 aromatic heterocycles. The molecule has 84 valence electrons. The highest BCUT2D eigenvalue weighted by molar-refractivity contribution is 5.33. The van der Waals surface area contributed by atoms with E-state index in [2.05, 4.69) is 77.8 Å². The zero-order valence-corrected chi connectivity index (χ0v) is 9.66. The Morgan fingerprint density at radius 1 is 0.765 bits per heavy atom. The molecule has 1 heteroatoms. The van der Waals surface area contributed by atoms with E-state index in [9.17, 15) is 0 Å². The molecule has 1 aliphatic rings. The van der Waals surface area contributed by atoms with E-state index in [0.29, 0.717) is 6.04 Å². The summed E-state index contributed by atoms with van der Waals surface area (Å²) in [5, 5.41) is 0. The summed E-state index contributed by atoms with van der Waals surface area (Å²) in [7, 11) is 0. The number of hydrogen-bond acceptors (Lipinski definition) is 1. The normalized spacial score (nSPS) is 13.8. The summed E-state index contributed by atoms with van der Waals surface area (Å²) in [6.07, 6.45) is 4.36. The summed E-state index contributed by atoms with van der Waals surface area (Å²) in [5.41, 5.74) is 2.70. The molecule has 1 nitrogen and oxygen atoms in total. The van der Waals surface area contributed by atoms with Crippen LogP contribution in [0.15, 0.2) is 72.9 Å². The second-order valence-corrected chi connectivity index (χ2v) is 4.31. The van der Waals surface area contributed by atoms with Gasteiger partial charge in [-0.15, -0.1) is 0 Å². The fourth-order valence-electron chi connectivity index (χ4n) is 2.26. The Hall–Kier alpha value is -2.02. The van der Waals surface area contributed by atoms with Crippen LogP contribution in [0.3, 0.4) is 0 Å². The maximum atomic E-state index is 2.37. The van der Waals surface area contributed by atoms with Gasteiger partial charge in [0.25, 0.3) is 0 Å².